The SMILES string of the molecule is CC(=O)c1n[c]cn1C. The smallest absolute Gasteiger partial charge is 0.195 e. The van der Waals surface area contributed by atoms with Crippen molar-refractivity contribution in [1.82, 2.24) is 9.55 Å². The molecule has 1 aromatic heterocycles. The molecule has 1 radical (unpaired) electrons. The second-order valence-electron chi connectivity index (χ2n) is 1.86. The van der Waals surface area contributed by atoms with Crippen molar-refractivity contribution in [3.05, 3.63) is 18.2 Å². The zero-order chi connectivity index (χ0) is 6.85. The second kappa shape index (κ2) is 2.01. The van der Waals surface area contributed by atoms with Gasteiger partial charge in [-0.1, -0.05) is 0 Å². The number of imidazole rings is 1. The fourth-order valence-corrected chi connectivity index (χ4v) is 0.644. The molecule has 0 fully saturated rings. The number of Topliss-reactive ketones (excluding diaryl/α,β-unsaturated/α-hetero) is 1. The number of hydrogen-bond acceptors (Lipinski definition) is 2. The summed E-state index contributed by atoms with van der Waals surface area (Å²) in [6, 6.07) is 0. The van der Waals surface area contributed by atoms with E-state index in [9.17, 15) is 4.79 Å². The summed E-state index contributed by atoms with van der Waals surface area (Å²) in [7, 11) is 1.76. The molecule has 0 atom stereocenters. The van der Waals surface area contributed by atoms with Gasteiger partial charge in [-0.25, -0.2) is 4.98 Å². The molecule has 1 aromatic rings. The van der Waals surface area contributed by atoms with Crippen molar-refractivity contribution in [2.75, 3.05) is 0 Å². The van der Waals surface area contributed by atoms with E-state index in [0.29, 0.717) is 5.82 Å². The predicted octanol–water partition coefficient (Wildman–Crippen LogP) is 0.423. The molecule has 0 saturated heterocycles. The van der Waals surface area contributed by atoms with Gasteiger partial charge in [0.15, 0.2) is 11.6 Å². The molecule has 9 heavy (non-hydrogen) atoms. The summed E-state index contributed by atoms with van der Waals surface area (Å²) < 4.78 is 1.64. The van der Waals surface area contributed by atoms with Gasteiger partial charge >= 0.3 is 0 Å². The average molecular weight is 123 g/mol. The third-order valence-electron chi connectivity index (χ3n) is 1.07. The largest absolute Gasteiger partial charge is 0.331 e. The van der Waals surface area contributed by atoms with E-state index in [-0.39, 0.29) is 5.78 Å². The summed E-state index contributed by atoms with van der Waals surface area (Å²) in [5, 5.41) is 0. The van der Waals surface area contributed by atoms with Gasteiger partial charge in [-0.05, 0) is 0 Å². The minimum absolute atomic E-state index is 0.0289. The quantitative estimate of drug-likeness (QED) is 0.507. The first kappa shape index (κ1) is 6.01. The van der Waals surface area contributed by atoms with Crippen LogP contribution >= 0.6 is 0 Å². The minimum atomic E-state index is -0.0289. The van der Waals surface area contributed by atoms with Gasteiger partial charge in [-0.3, -0.25) is 4.79 Å². The summed E-state index contributed by atoms with van der Waals surface area (Å²) >= 11 is 0. The molecular formula is C6H7N2O. The van der Waals surface area contributed by atoms with Gasteiger partial charge in [0, 0.05) is 20.2 Å². The Morgan fingerprint density at radius 1 is 1.89 bits per heavy atom. The van der Waals surface area contributed by atoms with Gasteiger partial charge in [0.2, 0.25) is 0 Å². The molecule has 3 heteroatoms. The van der Waals surface area contributed by atoms with Crippen LogP contribution in [-0.4, -0.2) is 15.3 Å². The number of carbonyl (C=O) groups excluding carboxylic acids is 1. The Labute approximate surface area is 53.3 Å². The van der Waals surface area contributed by atoms with E-state index in [1.54, 1.807) is 17.8 Å². The third-order valence-corrected chi connectivity index (χ3v) is 1.07. The highest BCUT2D eigenvalue weighted by Gasteiger charge is 2.02. The molecule has 1 heterocycles. The Bertz CT molecular complexity index is 227. The normalized spacial score (nSPS) is 9.56. The minimum Gasteiger partial charge on any atom is -0.331 e. The number of ketones is 1. The van der Waals surface area contributed by atoms with Crippen molar-refractivity contribution >= 4 is 5.78 Å². The van der Waals surface area contributed by atoms with Crippen molar-refractivity contribution in [2.24, 2.45) is 7.05 Å². The molecule has 0 amide bonds. The summed E-state index contributed by atoms with van der Waals surface area (Å²) in [6.07, 6.45) is 4.19. The van der Waals surface area contributed by atoms with Crippen LogP contribution in [0.2, 0.25) is 0 Å². The maximum absolute atomic E-state index is 10.6. The Hall–Kier alpha value is -1.12. The maximum atomic E-state index is 10.6. The predicted molar refractivity (Wildman–Crippen MR) is 32.0 cm³/mol. The Kier molecular flexibility index (Phi) is 1.34. The van der Waals surface area contributed by atoms with E-state index in [2.05, 4.69) is 11.2 Å². The number of nitrogens with zero attached hydrogens (tertiary/aromatic N) is 2. The van der Waals surface area contributed by atoms with Gasteiger partial charge in [0.1, 0.15) is 6.20 Å². The van der Waals surface area contributed by atoms with Crippen molar-refractivity contribution in [1.29, 1.82) is 0 Å². The Balaban J connectivity index is 3.08. The van der Waals surface area contributed by atoms with Crippen LogP contribution in [-0.2, 0) is 7.05 Å². The number of hydrogen-bond donors (Lipinski definition) is 0. The van der Waals surface area contributed by atoms with Crippen molar-refractivity contribution in [3.63, 3.8) is 0 Å². The van der Waals surface area contributed by atoms with Gasteiger partial charge < -0.3 is 4.57 Å². The van der Waals surface area contributed by atoms with E-state index < -0.39 is 0 Å². The molecule has 1 rings (SSSR count). The second-order valence-corrected chi connectivity index (χ2v) is 1.86. The number of rotatable bonds is 1. The van der Waals surface area contributed by atoms with Gasteiger partial charge in [0.25, 0.3) is 0 Å². The molecule has 0 aliphatic heterocycles. The summed E-state index contributed by atoms with van der Waals surface area (Å²) in [4.78, 5) is 14.3. The molecule has 0 bridgehead atoms. The summed E-state index contributed by atoms with van der Waals surface area (Å²) in [6.45, 7) is 1.48. The van der Waals surface area contributed by atoms with Crippen LogP contribution in [0.3, 0.4) is 0 Å². The van der Waals surface area contributed by atoms with Crippen LogP contribution in [0.1, 0.15) is 17.5 Å². The van der Waals surface area contributed by atoms with Crippen LogP contribution in [0.5, 0.6) is 0 Å². The lowest BCUT2D eigenvalue weighted by molar-refractivity contribution is 0.100. The summed E-state index contributed by atoms with van der Waals surface area (Å²) in [5.41, 5.74) is 0. The topological polar surface area (TPSA) is 34.9 Å². The average Bonchev–Trinajstić information content (AvgIpc) is 2.13. The molecule has 0 unspecified atom stereocenters. The molecular weight excluding hydrogens is 116 g/mol. The van der Waals surface area contributed by atoms with E-state index in [1.807, 2.05) is 0 Å². The number of aromatic nitrogens is 2. The zero-order valence-corrected chi connectivity index (χ0v) is 5.38. The standard InChI is InChI=1S/C6H7N2O/c1-5(9)6-7-3-4-8(6)2/h4H,1-2H3. The van der Waals surface area contributed by atoms with Crippen LogP contribution in [0, 0.1) is 6.20 Å². The first-order valence-corrected chi connectivity index (χ1v) is 2.62. The van der Waals surface area contributed by atoms with Crippen molar-refractivity contribution in [2.45, 2.75) is 6.92 Å². The first-order chi connectivity index (χ1) is 4.22. The third kappa shape index (κ3) is 0.988. The molecule has 0 aliphatic rings. The van der Waals surface area contributed by atoms with Gasteiger partial charge in [-0.15, -0.1) is 0 Å². The first-order valence-electron chi connectivity index (χ1n) is 2.62. The van der Waals surface area contributed by atoms with Gasteiger partial charge in [0.05, 0.1) is 0 Å². The van der Waals surface area contributed by atoms with Crippen LogP contribution < -0.4 is 0 Å². The van der Waals surface area contributed by atoms with Gasteiger partial charge in [-0.2, -0.15) is 0 Å². The number of aryl methyl sites for hydroxylation is 1. The van der Waals surface area contributed by atoms with Crippen LogP contribution in [0.25, 0.3) is 0 Å². The Morgan fingerprint density at radius 2 is 2.56 bits per heavy atom. The molecule has 3 nitrogen and oxygen atoms in total. The molecule has 0 saturated carbocycles. The highest BCUT2D eigenvalue weighted by Crippen LogP contribution is 1.92. The number of carbonyl (C=O) groups is 1. The lowest BCUT2D eigenvalue weighted by Gasteiger charge is -1.92. The maximum Gasteiger partial charge on any atom is 0.195 e. The monoisotopic (exact) mass is 123 g/mol. The Morgan fingerprint density at radius 3 is 2.78 bits per heavy atom. The van der Waals surface area contributed by atoms with E-state index in [0.717, 1.165) is 0 Å². The van der Waals surface area contributed by atoms with E-state index in [4.69, 9.17) is 0 Å². The molecule has 0 N–H and O–H groups in total. The van der Waals surface area contributed by atoms with Crippen LogP contribution in [0.15, 0.2) is 6.20 Å². The lowest BCUT2D eigenvalue weighted by atomic mass is 10.4. The van der Waals surface area contributed by atoms with Crippen molar-refractivity contribution < 1.29 is 4.79 Å². The fourth-order valence-electron chi connectivity index (χ4n) is 0.644. The van der Waals surface area contributed by atoms with E-state index in [1.165, 1.54) is 6.92 Å². The molecule has 0 spiro atoms. The molecule has 0 aromatic carbocycles. The molecule has 0 aliphatic carbocycles. The van der Waals surface area contributed by atoms with Crippen LogP contribution in [0.4, 0.5) is 0 Å². The van der Waals surface area contributed by atoms with E-state index >= 15 is 0 Å². The lowest BCUT2D eigenvalue weighted by Crippen LogP contribution is -2.01. The highest BCUT2D eigenvalue weighted by atomic mass is 16.1. The zero-order valence-electron chi connectivity index (χ0n) is 5.38. The summed E-state index contributed by atoms with van der Waals surface area (Å²) in [5.74, 6) is 0.425. The highest BCUT2D eigenvalue weighted by molar-refractivity contribution is 5.90. The fraction of sp³-hybridized carbons (Fsp3) is 0.333. The van der Waals surface area contributed by atoms with Crippen molar-refractivity contribution in [3.8, 4) is 0 Å². The molecule has 47 valence electrons.